The van der Waals surface area contributed by atoms with Gasteiger partial charge in [0.2, 0.25) is 5.91 Å². The van der Waals surface area contributed by atoms with Gasteiger partial charge < -0.3 is 5.32 Å². The third kappa shape index (κ3) is 3.50. The summed E-state index contributed by atoms with van der Waals surface area (Å²) in [4.78, 5) is 18.9. The zero-order chi connectivity index (χ0) is 18.0. The smallest absolute Gasteiger partial charge is 0.222 e. The lowest BCUT2D eigenvalue weighted by atomic mass is 9.85. The monoisotopic (exact) mass is 332 g/mol. The van der Waals surface area contributed by atoms with Crippen LogP contribution in [0.1, 0.15) is 72.5 Å². The third-order valence-electron chi connectivity index (χ3n) is 5.82. The van der Waals surface area contributed by atoms with Crippen LogP contribution < -0.4 is 5.32 Å². The fraction of sp³-hybridized carbons (Fsp3) is 0.650. The van der Waals surface area contributed by atoms with Crippen molar-refractivity contribution in [3.05, 3.63) is 35.9 Å². The maximum absolute atomic E-state index is 12.4. The minimum atomic E-state index is -0.331. The van der Waals surface area contributed by atoms with Crippen molar-refractivity contribution in [2.75, 3.05) is 0 Å². The van der Waals surface area contributed by atoms with Gasteiger partial charge in [-0.05, 0) is 46.1 Å². The lowest BCUT2D eigenvalue weighted by molar-refractivity contribution is -0.300. The molecule has 1 amide bonds. The summed E-state index contributed by atoms with van der Waals surface area (Å²) in [7, 11) is 0. The number of benzene rings is 1. The number of carbonyl (C=O) groups is 1. The summed E-state index contributed by atoms with van der Waals surface area (Å²) in [6.45, 7) is 12.8. The molecule has 1 fully saturated rings. The van der Waals surface area contributed by atoms with Gasteiger partial charge in [-0.25, -0.2) is 0 Å². The molecule has 1 N–H and O–H groups in total. The first-order valence-electron chi connectivity index (χ1n) is 9.08. The Hall–Kier alpha value is -1.39. The van der Waals surface area contributed by atoms with Gasteiger partial charge in [-0.1, -0.05) is 44.2 Å². The van der Waals surface area contributed by atoms with Gasteiger partial charge in [0.25, 0.3) is 0 Å². The number of amides is 1. The van der Waals surface area contributed by atoms with Crippen molar-refractivity contribution in [3.8, 4) is 0 Å². The van der Waals surface area contributed by atoms with E-state index in [9.17, 15) is 4.79 Å². The first-order chi connectivity index (χ1) is 11.3. The van der Waals surface area contributed by atoms with E-state index in [-0.39, 0.29) is 29.1 Å². The van der Waals surface area contributed by atoms with Crippen LogP contribution in [0.15, 0.2) is 30.3 Å². The molecular formula is C20H32N2O2. The van der Waals surface area contributed by atoms with Crippen molar-refractivity contribution in [2.24, 2.45) is 0 Å². The highest BCUT2D eigenvalue weighted by Crippen LogP contribution is 2.40. The van der Waals surface area contributed by atoms with Gasteiger partial charge in [0.05, 0.1) is 11.1 Å². The highest BCUT2D eigenvalue weighted by molar-refractivity contribution is 5.78. The number of nitrogens with one attached hydrogen (secondary N) is 1. The van der Waals surface area contributed by atoms with E-state index in [0.29, 0.717) is 6.42 Å². The normalized spacial score (nSPS) is 32.9. The average Bonchev–Trinajstić information content (AvgIpc) is 2.65. The molecule has 4 atom stereocenters. The first-order valence-corrected chi connectivity index (χ1v) is 9.08. The Bertz CT molecular complexity index is 562. The van der Waals surface area contributed by atoms with Crippen LogP contribution in [-0.2, 0) is 9.63 Å². The molecule has 0 aliphatic carbocycles. The molecule has 4 unspecified atom stereocenters. The molecule has 0 saturated carbocycles. The van der Waals surface area contributed by atoms with Gasteiger partial charge in [0, 0.05) is 12.5 Å². The van der Waals surface area contributed by atoms with Crippen LogP contribution in [0.2, 0.25) is 0 Å². The van der Waals surface area contributed by atoms with Crippen LogP contribution in [0, 0.1) is 0 Å². The third-order valence-corrected chi connectivity index (χ3v) is 5.82. The number of rotatable bonds is 5. The Morgan fingerprint density at radius 1 is 1.25 bits per heavy atom. The van der Waals surface area contributed by atoms with Crippen molar-refractivity contribution in [3.63, 3.8) is 0 Å². The maximum Gasteiger partial charge on any atom is 0.222 e. The minimum absolute atomic E-state index is 0.0198. The van der Waals surface area contributed by atoms with Crippen LogP contribution in [0.4, 0.5) is 0 Å². The van der Waals surface area contributed by atoms with Crippen molar-refractivity contribution < 1.29 is 9.63 Å². The molecule has 4 heteroatoms. The van der Waals surface area contributed by atoms with Crippen molar-refractivity contribution in [1.82, 2.24) is 10.4 Å². The molecule has 0 bridgehead atoms. The summed E-state index contributed by atoms with van der Waals surface area (Å²) in [5.74, 6) is 0.102. The lowest BCUT2D eigenvalue weighted by Gasteiger charge is -2.50. The summed E-state index contributed by atoms with van der Waals surface area (Å²) in [5, 5.41) is 5.28. The standard InChI is InChI=1S/C20H32N2O2/c1-7-19(5)14-18(23)21-16(4)20(6,8-2)22(19)24-15(3)17-12-10-9-11-13-17/h9-13,15-16H,7-8,14H2,1-6H3,(H,21,23). The van der Waals surface area contributed by atoms with Crippen LogP contribution in [0.3, 0.4) is 0 Å². The molecule has 1 aliphatic rings. The topological polar surface area (TPSA) is 41.6 Å². The molecule has 0 radical (unpaired) electrons. The van der Waals surface area contributed by atoms with E-state index < -0.39 is 0 Å². The second-order valence-corrected chi connectivity index (χ2v) is 7.48. The molecule has 0 spiro atoms. The first kappa shape index (κ1) is 18.9. The largest absolute Gasteiger partial charge is 0.352 e. The van der Waals surface area contributed by atoms with E-state index in [2.05, 4.69) is 64.1 Å². The zero-order valence-corrected chi connectivity index (χ0v) is 15.9. The number of hydroxylamine groups is 2. The summed E-state index contributed by atoms with van der Waals surface area (Å²) >= 11 is 0. The quantitative estimate of drug-likeness (QED) is 0.877. The lowest BCUT2D eigenvalue weighted by Crippen LogP contribution is -2.62. The molecule has 1 heterocycles. The van der Waals surface area contributed by atoms with Gasteiger partial charge in [-0.15, -0.1) is 0 Å². The van der Waals surface area contributed by atoms with Crippen LogP contribution in [-0.4, -0.2) is 28.1 Å². The Balaban J connectivity index is 2.40. The highest BCUT2D eigenvalue weighted by atomic mass is 16.7. The molecule has 1 saturated heterocycles. The van der Waals surface area contributed by atoms with Gasteiger partial charge >= 0.3 is 0 Å². The van der Waals surface area contributed by atoms with Crippen LogP contribution in [0.25, 0.3) is 0 Å². The Kier molecular flexibility index (Phi) is 5.71. The number of hydrogen-bond acceptors (Lipinski definition) is 3. The van der Waals surface area contributed by atoms with Gasteiger partial charge in [0.1, 0.15) is 6.10 Å². The van der Waals surface area contributed by atoms with Gasteiger partial charge in [-0.2, -0.15) is 5.06 Å². The zero-order valence-electron chi connectivity index (χ0n) is 15.9. The molecule has 134 valence electrons. The predicted molar refractivity (Wildman–Crippen MR) is 97.4 cm³/mol. The van der Waals surface area contributed by atoms with E-state index in [0.717, 1.165) is 18.4 Å². The van der Waals surface area contributed by atoms with E-state index in [4.69, 9.17) is 4.84 Å². The number of carbonyl (C=O) groups excluding carboxylic acids is 1. The molecular weight excluding hydrogens is 300 g/mol. The van der Waals surface area contributed by atoms with E-state index in [1.807, 2.05) is 18.2 Å². The molecule has 4 nitrogen and oxygen atoms in total. The fourth-order valence-electron chi connectivity index (χ4n) is 3.57. The summed E-state index contributed by atoms with van der Waals surface area (Å²) in [6.07, 6.45) is 2.13. The second kappa shape index (κ2) is 7.24. The molecule has 1 aromatic rings. The predicted octanol–water partition coefficient (Wildman–Crippen LogP) is 4.23. The Morgan fingerprint density at radius 3 is 2.42 bits per heavy atom. The fourth-order valence-corrected chi connectivity index (χ4v) is 3.57. The van der Waals surface area contributed by atoms with Crippen molar-refractivity contribution in [2.45, 2.75) is 84.0 Å². The number of hydrogen-bond donors (Lipinski definition) is 1. The highest BCUT2D eigenvalue weighted by Gasteiger charge is 2.50. The average molecular weight is 332 g/mol. The Morgan fingerprint density at radius 2 is 1.88 bits per heavy atom. The molecule has 0 aromatic heterocycles. The maximum atomic E-state index is 12.4. The molecule has 1 aromatic carbocycles. The van der Waals surface area contributed by atoms with Gasteiger partial charge in [-0.3, -0.25) is 9.63 Å². The summed E-state index contributed by atoms with van der Waals surface area (Å²) in [5.41, 5.74) is 0.549. The van der Waals surface area contributed by atoms with Crippen molar-refractivity contribution in [1.29, 1.82) is 0 Å². The van der Waals surface area contributed by atoms with E-state index in [1.54, 1.807) is 0 Å². The summed E-state index contributed by atoms with van der Waals surface area (Å²) < 4.78 is 0. The van der Waals surface area contributed by atoms with Gasteiger partial charge in [0.15, 0.2) is 0 Å². The molecule has 2 rings (SSSR count). The van der Waals surface area contributed by atoms with Crippen molar-refractivity contribution >= 4 is 5.91 Å². The molecule has 24 heavy (non-hydrogen) atoms. The van der Waals surface area contributed by atoms with E-state index >= 15 is 0 Å². The molecule has 1 aliphatic heterocycles. The SMILES string of the molecule is CCC1(C)CC(=O)NC(C)C(C)(CC)N1OC(C)c1ccccc1. The van der Waals surface area contributed by atoms with E-state index in [1.165, 1.54) is 0 Å². The second-order valence-electron chi connectivity index (χ2n) is 7.48. The minimum Gasteiger partial charge on any atom is -0.352 e. The number of nitrogens with zero attached hydrogens (tertiary/aromatic N) is 1. The van der Waals surface area contributed by atoms with Crippen LogP contribution >= 0.6 is 0 Å². The van der Waals surface area contributed by atoms with Crippen LogP contribution in [0.5, 0.6) is 0 Å². The Labute approximate surface area is 146 Å². The summed E-state index contributed by atoms with van der Waals surface area (Å²) in [6, 6.07) is 10.3.